The number of benzene rings is 1. The van der Waals surface area contributed by atoms with Crippen LogP contribution in [0.5, 0.6) is 0 Å². The van der Waals surface area contributed by atoms with Crippen molar-refractivity contribution in [2.45, 2.75) is 6.54 Å². The summed E-state index contributed by atoms with van der Waals surface area (Å²) in [4.78, 5) is 15.4. The predicted octanol–water partition coefficient (Wildman–Crippen LogP) is 2.11. The second-order valence-corrected chi connectivity index (χ2v) is 5.87. The molecule has 9 heteroatoms. The minimum Gasteiger partial charge on any atom is -0.288 e. The lowest BCUT2D eigenvalue weighted by Crippen LogP contribution is -2.14. The van der Waals surface area contributed by atoms with Crippen LogP contribution in [-0.2, 0) is 11.3 Å². The fraction of sp³-hybridized carbons (Fsp3) is 0.0769. The SMILES string of the molecule is O=C(/C=C/c1cn(Cc2nc3c(Cl)cccc3s2)nn1)NO. The van der Waals surface area contributed by atoms with Gasteiger partial charge in [-0.1, -0.05) is 22.9 Å². The molecule has 1 amide bonds. The Hall–Kier alpha value is -2.29. The lowest BCUT2D eigenvalue weighted by molar-refractivity contribution is -0.124. The summed E-state index contributed by atoms with van der Waals surface area (Å²) in [5, 5.41) is 17.7. The molecule has 0 aliphatic rings. The molecule has 3 rings (SSSR count). The summed E-state index contributed by atoms with van der Waals surface area (Å²) < 4.78 is 2.63. The number of halogens is 1. The number of hydrogen-bond donors (Lipinski definition) is 2. The molecule has 0 saturated heterocycles. The van der Waals surface area contributed by atoms with Crippen LogP contribution in [0.2, 0.25) is 5.02 Å². The number of hydroxylamine groups is 1. The van der Waals surface area contributed by atoms with Crippen molar-refractivity contribution >= 4 is 45.1 Å². The Kier molecular flexibility index (Phi) is 4.14. The predicted molar refractivity (Wildman–Crippen MR) is 82.7 cm³/mol. The normalized spacial score (nSPS) is 11.4. The number of nitrogens with one attached hydrogen (secondary N) is 1. The van der Waals surface area contributed by atoms with Crippen LogP contribution in [-0.4, -0.2) is 31.1 Å². The van der Waals surface area contributed by atoms with E-state index >= 15 is 0 Å². The maximum atomic E-state index is 10.9. The molecule has 2 heterocycles. The standard InChI is InChI=1S/C13H10ClN5O2S/c14-9-2-1-3-10-13(9)15-12(22-10)7-19-6-8(16-18-19)4-5-11(20)17-21/h1-6,21H,7H2,(H,17,20)/b5-4+. The number of rotatable bonds is 4. The zero-order chi connectivity index (χ0) is 15.5. The highest BCUT2D eigenvalue weighted by atomic mass is 35.5. The summed E-state index contributed by atoms with van der Waals surface area (Å²) in [5.74, 6) is -0.629. The average molecular weight is 336 g/mol. The Bertz CT molecular complexity index is 857. The molecule has 0 fully saturated rings. The van der Waals surface area contributed by atoms with E-state index in [2.05, 4.69) is 15.3 Å². The number of thiazole rings is 1. The first-order valence-electron chi connectivity index (χ1n) is 6.22. The topological polar surface area (TPSA) is 92.9 Å². The maximum absolute atomic E-state index is 10.9. The van der Waals surface area contributed by atoms with E-state index in [0.29, 0.717) is 17.3 Å². The van der Waals surface area contributed by atoms with Crippen LogP contribution in [0.15, 0.2) is 30.5 Å². The van der Waals surface area contributed by atoms with E-state index in [9.17, 15) is 4.79 Å². The number of aromatic nitrogens is 4. The largest absolute Gasteiger partial charge is 0.288 e. The molecule has 2 aromatic heterocycles. The van der Waals surface area contributed by atoms with Crippen LogP contribution in [0.3, 0.4) is 0 Å². The lowest BCUT2D eigenvalue weighted by atomic mass is 10.3. The van der Waals surface area contributed by atoms with Crippen LogP contribution < -0.4 is 5.48 Å². The first-order chi connectivity index (χ1) is 10.7. The molecular formula is C13H10ClN5O2S. The molecule has 0 aliphatic heterocycles. The van der Waals surface area contributed by atoms with Crippen LogP contribution in [0.1, 0.15) is 10.7 Å². The Morgan fingerprint density at radius 3 is 3.14 bits per heavy atom. The zero-order valence-electron chi connectivity index (χ0n) is 11.1. The molecule has 112 valence electrons. The van der Waals surface area contributed by atoms with Crippen molar-refractivity contribution in [1.29, 1.82) is 0 Å². The quantitative estimate of drug-likeness (QED) is 0.433. The van der Waals surface area contributed by atoms with Gasteiger partial charge in [-0.3, -0.25) is 10.0 Å². The van der Waals surface area contributed by atoms with Crippen LogP contribution in [0.4, 0.5) is 0 Å². The average Bonchev–Trinajstić information content (AvgIpc) is 3.12. The van der Waals surface area contributed by atoms with Gasteiger partial charge < -0.3 is 0 Å². The van der Waals surface area contributed by atoms with Gasteiger partial charge in [0.05, 0.1) is 22.5 Å². The first kappa shape index (κ1) is 14.6. The zero-order valence-corrected chi connectivity index (χ0v) is 12.7. The minimum absolute atomic E-state index is 0.461. The fourth-order valence-corrected chi connectivity index (χ4v) is 3.09. The fourth-order valence-electron chi connectivity index (χ4n) is 1.83. The van der Waals surface area contributed by atoms with Gasteiger partial charge in [-0.25, -0.2) is 15.1 Å². The lowest BCUT2D eigenvalue weighted by Gasteiger charge is -1.93. The molecule has 0 saturated carbocycles. The highest BCUT2D eigenvalue weighted by Gasteiger charge is 2.08. The van der Waals surface area contributed by atoms with E-state index in [0.717, 1.165) is 21.3 Å². The van der Waals surface area contributed by atoms with E-state index in [-0.39, 0.29) is 0 Å². The summed E-state index contributed by atoms with van der Waals surface area (Å²) in [6.45, 7) is 0.461. The second kappa shape index (κ2) is 6.22. The van der Waals surface area contributed by atoms with Crippen LogP contribution in [0.25, 0.3) is 16.3 Å². The molecule has 1 aromatic carbocycles. The van der Waals surface area contributed by atoms with Gasteiger partial charge in [-0.15, -0.1) is 16.4 Å². The van der Waals surface area contributed by atoms with Gasteiger partial charge in [0.15, 0.2) is 0 Å². The smallest absolute Gasteiger partial charge is 0.267 e. The third-order valence-electron chi connectivity index (χ3n) is 2.78. The van der Waals surface area contributed by atoms with Crippen molar-refractivity contribution in [3.63, 3.8) is 0 Å². The Labute approximate surface area is 133 Å². The summed E-state index contributed by atoms with van der Waals surface area (Å²) >= 11 is 7.64. The molecule has 0 unspecified atom stereocenters. The van der Waals surface area contributed by atoms with Gasteiger partial charge in [0.1, 0.15) is 16.2 Å². The van der Waals surface area contributed by atoms with E-state index in [1.54, 1.807) is 16.9 Å². The van der Waals surface area contributed by atoms with Gasteiger partial charge in [-0.05, 0) is 18.2 Å². The molecule has 0 aliphatic carbocycles. The van der Waals surface area contributed by atoms with Gasteiger partial charge >= 0.3 is 0 Å². The van der Waals surface area contributed by atoms with E-state index in [4.69, 9.17) is 16.8 Å². The molecule has 0 radical (unpaired) electrons. The summed E-state index contributed by atoms with van der Waals surface area (Å²) in [6.07, 6.45) is 4.28. The first-order valence-corrected chi connectivity index (χ1v) is 7.41. The van der Waals surface area contributed by atoms with Crippen molar-refractivity contribution in [2.75, 3.05) is 0 Å². The molecule has 0 spiro atoms. The Balaban J connectivity index is 1.78. The minimum atomic E-state index is -0.629. The number of carbonyl (C=O) groups is 1. The molecule has 0 bridgehead atoms. The van der Waals surface area contributed by atoms with Crippen LogP contribution >= 0.6 is 22.9 Å². The van der Waals surface area contributed by atoms with E-state index < -0.39 is 5.91 Å². The number of amides is 1. The number of para-hydroxylation sites is 1. The molecule has 3 aromatic rings. The number of nitrogens with zero attached hydrogens (tertiary/aromatic N) is 4. The van der Waals surface area contributed by atoms with E-state index in [1.165, 1.54) is 22.9 Å². The maximum Gasteiger partial charge on any atom is 0.267 e. The van der Waals surface area contributed by atoms with E-state index in [1.807, 2.05) is 12.1 Å². The van der Waals surface area contributed by atoms with Crippen molar-refractivity contribution in [1.82, 2.24) is 25.5 Å². The third kappa shape index (κ3) is 3.14. The number of fused-ring (bicyclic) bond motifs is 1. The van der Waals surface area contributed by atoms with Crippen molar-refractivity contribution in [2.24, 2.45) is 0 Å². The van der Waals surface area contributed by atoms with Gasteiger partial charge in [0.2, 0.25) is 0 Å². The Morgan fingerprint density at radius 1 is 1.50 bits per heavy atom. The van der Waals surface area contributed by atoms with Crippen molar-refractivity contribution in [3.8, 4) is 0 Å². The highest BCUT2D eigenvalue weighted by molar-refractivity contribution is 7.18. The number of carbonyl (C=O) groups excluding carboxylic acids is 1. The molecule has 7 nitrogen and oxygen atoms in total. The van der Waals surface area contributed by atoms with Gasteiger partial charge in [0, 0.05) is 6.08 Å². The van der Waals surface area contributed by atoms with Crippen molar-refractivity contribution in [3.05, 3.63) is 46.2 Å². The molecule has 2 N–H and O–H groups in total. The van der Waals surface area contributed by atoms with Gasteiger partial charge in [-0.2, -0.15) is 0 Å². The summed E-state index contributed by atoms with van der Waals surface area (Å²) in [5.41, 5.74) is 2.78. The second-order valence-electron chi connectivity index (χ2n) is 4.34. The summed E-state index contributed by atoms with van der Waals surface area (Å²) in [6, 6.07) is 5.65. The van der Waals surface area contributed by atoms with Crippen LogP contribution in [0, 0.1) is 0 Å². The van der Waals surface area contributed by atoms with Gasteiger partial charge in [0.25, 0.3) is 5.91 Å². The Morgan fingerprint density at radius 2 is 2.36 bits per heavy atom. The molecular weight excluding hydrogens is 326 g/mol. The van der Waals surface area contributed by atoms with Crippen molar-refractivity contribution < 1.29 is 10.0 Å². The molecule has 22 heavy (non-hydrogen) atoms. The third-order valence-corrected chi connectivity index (χ3v) is 4.09. The molecule has 0 atom stereocenters. The highest BCUT2D eigenvalue weighted by Crippen LogP contribution is 2.28. The summed E-state index contributed by atoms with van der Waals surface area (Å²) in [7, 11) is 0. The number of hydrogen-bond acceptors (Lipinski definition) is 6. The monoisotopic (exact) mass is 335 g/mol.